The molecule has 0 N–H and O–H groups in total. The molecule has 1 aromatic rings. The molecule has 0 unspecified atom stereocenters. The van der Waals surface area contributed by atoms with Crippen LogP contribution < -0.4 is 0 Å². The van der Waals surface area contributed by atoms with E-state index in [9.17, 15) is 0 Å². The van der Waals surface area contributed by atoms with Crippen LogP contribution >= 0.6 is 15.9 Å². The van der Waals surface area contributed by atoms with Crippen molar-refractivity contribution in [3.8, 4) is 0 Å². The number of nitrogens with zero attached hydrogens (tertiary/aromatic N) is 1. The van der Waals surface area contributed by atoms with E-state index < -0.39 is 0 Å². The fourth-order valence-corrected chi connectivity index (χ4v) is 4.52. The zero-order chi connectivity index (χ0) is 13.8. The zero-order valence-corrected chi connectivity index (χ0v) is 13.9. The van der Waals surface area contributed by atoms with Gasteiger partial charge in [0.1, 0.15) is 0 Å². The lowest BCUT2D eigenvalue weighted by molar-refractivity contribution is 0.0686. The van der Waals surface area contributed by atoms with Gasteiger partial charge < -0.3 is 4.90 Å². The minimum atomic E-state index is 0.617. The van der Waals surface area contributed by atoms with Crippen LogP contribution in [0, 0.1) is 11.3 Å². The third-order valence-corrected chi connectivity index (χ3v) is 6.52. The van der Waals surface area contributed by atoms with Gasteiger partial charge in [0, 0.05) is 11.9 Å². The van der Waals surface area contributed by atoms with Gasteiger partial charge in [0.2, 0.25) is 0 Å². The molecule has 3 rings (SSSR count). The predicted molar refractivity (Wildman–Crippen MR) is 89.4 cm³/mol. The number of likely N-dealkylation sites (tertiary alicyclic amines) is 1. The molecule has 1 nitrogen and oxygen atoms in total. The van der Waals surface area contributed by atoms with Gasteiger partial charge in [0.05, 0.1) is 0 Å². The highest BCUT2D eigenvalue weighted by atomic mass is 79.9. The van der Waals surface area contributed by atoms with Crippen LogP contribution in [-0.4, -0.2) is 29.9 Å². The minimum Gasteiger partial charge on any atom is -0.303 e. The van der Waals surface area contributed by atoms with Crippen molar-refractivity contribution in [1.82, 2.24) is 4.90 Å². The molecule has 1 aliphatic heterocycles. The van der Waals surface area contributed by atoms with Crippen molar-refractivity contribution in [2.24, 2.45) is 11.3 Å². The van der Waals surface area contributed by atoms with Crippen LogP contribution in [-0.2, 0) is 6.42 Å². The maximum Gasteiger partial charge on any atom is 0.0100 e. The summed E-state index contributed by atoms with van der Waals surface area (Å²) in [5.74, 6) is 0.898. The molecule has 0 atom stereocenters. The van der Waals surface area contributed by atoms with Crippen molar-refractivity contribution in [1.29, 1.82) is 0 Å². The van der Waals surface area contributed by atoms with Gasteiger partial charge in [-0.05, 0) is 62.1 Å². The lowest BCUT2D eigenvalue weighted by Gasteiger charge is -2.45. The van der Waals surface area contributed by atoms with Crippen LogP contribution in [0.4, 0.5) is 0 Å². The van der Waals surface area contributed by atoms with Crippen molar-refractivity contribution >= 4 is 15.9 Å². The first-order chi connectivity index (χ1) is 9.80. The van der Waals surface area contributed by atoms with Crippen LogP contribution in [0.15, 0.2) is 30.3 Å². The number of benzene rings is 1. The number of halogens is 1. The molecule has 0 amide bonds. The highest BCUT2D eigenvalue weighted by Crippen LogP contribution is 2.43. The number of rotatable bonds is 5. The van der Waals surface area contributed by atoms with Crippen molar-refractivity contribution in [2.45, 2.75) is 38.5 Å². The van der Waals surface area contributed by atoms with E-state index in [2.05, 4.69) is 51.2 Å². The van der Waals surface area contributed by atoms with Gasteiger partial charge in [-0.3, -0.25) is 0 Å². The highest BCUT2D eigenvalue weighted by Gasteiger charge is 2.38. The first-order valence-electron chi connectivity index (χ1n) is 8.12. The predicted octanol–water partition coefficient (Wildman–Crippen LogP) is 4.51. The maximum atomic E-state index is 3.74. The molecule has 1 aliphatic carbocycles. The summed E-state index contributed by atoms with van der Waals surface area (Å²) in [6.45, 7) is 3.95. The Morgan fingerprint density at radius 2 is 1.80 bits per heavy atom. The zero-order valence-electron chi connectivity index (χ0n) is 12.4. The summed E-state index contributed by atoms with van der Waals surface area (Å²) in [6.07, 6.45) is 8.35. The Bertz CT molecular complexity index is 399. The van der Waals surface area contributed by atoms with E-state index in [-0.39, 0.29) is 0 Å². The molecule has 0 radical (unpaired) electrons. The Morgan fingerprint density at radius 3 is 2.35 bits per heavy atom. The number of hydrogen-bond acceptors (Lipinski definition) is 1. The van der Waals surface area contributed by atoms with Gasteiger partial charge >= 0.3 is 0 Å². The highest BCUT2D eigenvalue weighted by molar-refractivity contribution is 9.09. The largest absolute Gasteiger partial charge is 0.303 e. The van der Waals surface area contributed by atoms with E-state index in [1.807, 2.05) is 0 Å². The number of alkyl halides is 1. The third kappa shape index (κ3) is 3.46. The average molecular weight is 336 g/mol. The monoisotopic (exact) mass is 335 g/mol. The molecule has 1 saturated heterocycles. The van der Waals surface area contributed by atoms with Crippen LogP contribution in [0.1, 0.15) is 37.7 Å². The lowest BCUT2D eigenvalue weighted by Crippen LogP contribution is -2.46. The molecule has 1 saturated carbocycles. The molecule has 0 aromatic heterocycles. The van der Waals surface area contributed by atoms with E-state index in [0.717, 1.165) is 5.92 Å². The average Bonchev–Trinajstić information content (AvgIpc) is 2.46. The Labute approximate surface area is 131 Å². The van der Waals surface area contributed by atoms with Crippen molar-refractivity contribution in [3.05, 3.63) is 35.9 Å². The van der Waals surface area contributed by atoms with Crippen molar-refractivity contribution in [2.75, 3.05) is 25.0 Å². The summed E-state index contributed by atoms with van der Waals surface area (Å²) >= 11 is 3.74. The van der Waals surface area contributed by atoms with Gasteiger partial charge in [-0.2, -0.15) is 0 Å². The van der Waals surface area contributed by atoms with Gasteiger partial charge in [-0.15, -0.1) is 0 Å². The Hall–Kier alpha value is -0.340. The Kier molecular flexibility index (Phi) is 4.83. The molecule has 110 valence electrons. The van der Waals surface area contributed by atoms with E-state index in [1.54, 1.807) is 0 Å². The third-order valence-electron chi connectivity index (χ3n) is 5.33. The molecular formula is C18H26BrN. The van der Waals surface area contributed by atoms with Gasteiger partial charge in [-0.25, -0.2) is 0 Å². The van der Waals surface area contributed by atoms with E-state index in [4.69, 9.17) is 0 Å². The summed E-state index contributed by atoms with van der Waals surface area (Å²) < 4.78 is 0. The van der Waals surface area contributed by atoms with Crippen LogP contribution in [0.2, 0.25) is 0 Å². The number of hydrogen-bond donors (Lipinski definition) is 0. The van der Waals surface area contributed by atoms with Crippen molar-refractivity contribution < 1.29 is 0 Å². The second-order valence-corrected chi connectivity index (χ2v) is 7.46. The first kappa shape index (κ1) is 14.6. The van der Waals surface area contributed by atoms with E-state index in [0.29, 0.717) is 5.41 Å². The summed E-state index contributed by atoms with van der Waals surface area (Å²) in [5.41, 5.74) is 2.13. The topological polar surface area (TPSA) is 3.24 Å². The molecule has 2 heteroatoms. The fourth-order valence-electron chi connectivity index (χ4n) is 3.78. The summed E-state index contributed by atoms with van der Waals surface area (Å²) in [7, 11) is 0. The van der Waals surface area contributed by atoms with E-state index in [1.165, 1.54) is 69.1 Å². The second-order valence-electron chi connectivity index (χ2n) is 6.90. The SMILES string of the molecule is BrCC1(CN2CCC(Cc3ccccc3)CC2)CCC1. The van der Waals surface area contributed by atoms with Gasteiger partial charge in [-0.1, -0.05) is 52.7 Å². The molecular weight excluding hydrogens is 310 g/mol. The molecule has 1 aromatic carbocycles. The van der Waals surface area contributed by atoms with Crippen LogP contribution in [0.5, 0.6) is 0 Å². The van der Waals surface area contributed by atoms with Gasteiger partial charge in [0.15, 0.2) is 0 Å². The minimum absolute atomic E-state index is 0.617. The normalized spacial score (nSPS) is 23.4. The fraction of sp³-hybridized carbons (Fsp3) is 0.667. The van der Waals surface area contributed by atoms with E-state index >= 15 is 0 Å². The molecule has 20 heavy (non-hydrogen) atoms. The smallest absolute Gasteiger partial charge is 0.0100 e. The quantitative estimate of drug-likeness (QED) is 0.715. The maximum absolute atomic E-state index is 3.74. The van der Waals surface area contributed by atoms with Gasteiger partial charge in [0.25, 0.3) is 0 Å². The molecule has 2 aliphatic rings. The standard InChI is InChI=1S/C18H26BrN/c19-14-18(9-4-10-18)15-20-11-7-17(8-12-20)13-16-5-2-1-3-6-16/h1-3,5-6,17H,4,7-15H2. The summed E-state index contributed by atoms with van der Waals surface area (Å²) in [5, 5.41) is 1.20. The molecule has 1 heterocycles. The molecule has 0 bridgehead atoms. The second kappa shape index (κ2) is 6.62. The summed E-state index contributed by atoms with van der Waals surface area (Å²) in [4.78, 5) is 2.72. The first-order valence-corrected chi connectivity index (χ1v) is 9.24. The lowest BCUT2D eigenvalue weighted by atomic mass is 9.70. The van der Waals surface area contributed by atoms with Crippen LogP contribution in [0.25, 0.3) is 0 Å². The Morgan fingerprint density at radius 1 is 1.10 bits per heavy atom. The molecule has 2 fully saturated rings. The van der Waals surface area contributed by atoms with Crippen LogP contribution in [0.3, 0.4) is 0 Å². The summed E-state index contributed by atoms with van der Waals surface area (Å²) in [6, 6.07) is 11.0. The number of piperidine rings is 1. The molecule has 0 spiro atoms. The van der Waals surface area contributed by atoms with Crippen molar-refractivity contribution in [3.63, 3.8) is 0 Å². The Balaban J connectivity index is 1.45.